The molecule has 0 rings (SSSR count). The van der Waals surface area contributed by atoms with E-state index in [0.29, 0.717) is 5.90 Å². The second-order valence-corrected chi connectivity index (χ2v) is 2.50. The Hall–Kier alpha value is 0.0500. The van der Waals surface area contributed by atoms with Crippen LogP contribution in [0.4, 0.5) is 0 Å². The Morgan fingerprint density at radius 3 is 2.45 bits per heavy atom. The summed E-state index contributed by atoms with van der Waals surface area (Å²) in [5.41, 5.74) is 0. The standard InChI is InChI=1S/C7H14ClNO.ClH/c1-10-7(9)5-3-2-4-6-8;/h9H,2-6H2,1H3;1H. The third-order valence-corrected chi connectivity index (χ3v) is 1.55. The summed E-state index contributed by atoms with van der Waals surface area (Å²) in [7, 11) is 1.53. The monoisotopic (exact) mass is 199 g/mol. The Balaban J connectivity index is 0. The number of halogens is 2. The first-order chi connectivity index (χ1) is 4.81. The molecule has 0 radical (unpaired) electrons. The Morgan fingerprint density at radius 2 is 2.00 bits per heavy atom. The van der Waals surface area contributed by atoms with Crippen molar-refractivity contribution in [3.63, 3.8) is 0 Å². The Labute approximate surface area is 79.2 Å². The predicted molar refractivity (Wildman–Crippen MR) is 51.2 cm³/mol. The molecular weight excluding hydrogens is 185 g/mol. The molecule has 2 nitrogen and oxygen atoms in total. The van der Waals surface area contributed by atoms with Crippen molar-refractivity contribution in [1.29, 1.82) is 5.41 Å². The first kappa shape index (κ1) is 13.6. The molecule has 0 heterocycles. The smallest absolute Gasteiger partial charge is 0.180 e. The van der Waals surface area contributed by atoms with Crippen LogP contribution in [-0.2, 0) is 4.74 Å². The van der Waals surface area contributed by atoms with Crippen LogP contribution < -0.4 is 0 Å². The van der Waals surface area contributed by atoms with Crippen LogP contribution in [-0.4, -0.2) is 18.9 Å². The van der Waals surface area contributed by atoms with Crippen LogP contribution in [0.1, 0.15) is 25.7 Å². The number of hydrogen-bond donors (Lipinski definition) is 1. The number of methoxy groups -OCH3 is 1. The van der Waals surface area contributed by atoms with Crippen LogP contribution in [0, 0.1) is 5.41 Å². The molecule has 0 fully saturated rings. The minimum Gasteiger partial charge on any atom is -0.484 e. The van der Waals surface area contributed by atoms with Crippen molar-refractivity contribution < 1.29 is 4.74 Å². The summed E-state index contributed by atoms with van der Waals surface area (Å²) in [4.78, 5) is 0. The summed E-state index contributed by atoms with van der Waals surface area (Å²) >= 11 is 5.47. The van der Waals surface area contributed by atoms with Gasteiger partial charge < -0.3 is 4.74 Å². The van der Waals surface area contributed by atoms with Crippen LogP contribution in [0.2, 0.25) is 0 Å². The van der Waals surface area contributed by atoms with Gasteiger partial charge in [0.1, 0.15) is 0 Å². The fourth-order valence-electron chi connectivity index (χ4n) is 0.659. The van der Waals surface area contributed by atoms with E-state index in [2.05, 4.69) is 4.74 Å². The second kappa shape index (κ2) is 10.0. The maximum absolute atomic E-state index is 7.12. The van der Waals surface area contributed by atoms with E-state index in [-0.39, 0.29) is 12.4 Å². The zero-order valence-corrected chi connectivity index (χ0v) is 8.30. The zero-order chi connectivity index (χ0) is 7.82. The third kappa shape index (κ3) is 10.1. The van der Waals surface area contributed by atoms with Crippen molar-refractivity contribution in [2.24, 2.45) is 0 Å². The number of nitrogens with one attached hydrogen (secondary N) is 1. The SMILES string of the molecule is COC(=N)CCCCCCl.Cl. The Bertz CT molecular complexity index is 98.4. The lowest BCUT2D eigenvalue weighted by Gasteiger charge is -1.99. The quantitative estimate of drug-likeness (QED) is 0.314. The van der Waals surface area contributed by atoms with E-state index in [9.17, 15) is 0 Å². The summed E-state index contributed by atoms with van der Waals surface area (Å²) < 4.78 is 4.68. The van der Waals surface area contributed by atoms with Gasteiger partial charge in [0.15, 0.2) is 5.90 Å². The van der Waals surface area contributed by atoms with Crippen LogP contribution in [0.5, 0.6) is 0 Å². The molecule has 4 heteroatoms. The van der Waals surface area contributed by atoms with Gasteiger partial charge in [-0.05, 0) is 12.8 Å². The summed E-state index contributed by atoms with van der Waals surface area (Å²) in [6.45, 7) is 0. The summed E-state index contributed by atoms with van der Waals surface area (Å²) in [5.74, 6) is 1.09. The largest absolute Gasteiger partial charge is 0.484 e. The van der Waals surface area contributed by atoms with Gasteiger partial charge in [0, 0.05) is 12.3 Å². The van der Waals surface area contributed by atoms with Gasteiger partial charge in [-0.1, -0.05) is 6.42 Å². The minimum atomic E-state index is 0. The molecule has 1 N–H and O–H groups in total. The van der Waals surface area contributed by atoms with E-state index < -0.39 is 0 Å². The molecule has 11 heavy (non-hydrogen) atoms. The highest BCUT2D eigenvalue weighted by Gasteiger charge is 1.93. The maximum atomic E-state index is 7.12. The molecule has 0 saturated heterocycles. The molecule has 0 aliphatic heterocycles. The molecule has 0 saturated carbocycles. The molecule has 0 aliphatic rings. The van der Waals surface area contributed by atoms with E-state index in [4.69, 9.17) is 17.0 Å². The van der Waals surface area contributed by atoms with Gasteiger partial charge >= 0.3 is 0 Å². The number of hydrogen-bond acceptors (Lipinski definition) is 2. The molecular formula is C7H15Cl2NO. The average molecular weight is 200 g/mol. The molecule has 0 unspecified atom stereocenters. The van der Waals surface area contributed by atoms with Gasteiger partial charge in [-0.25, -0.2) is 0 Å². The number of ether oxygens (including phenoxy) is 1. The molecule has 68 valence electrons. The number of rotatable bonds is 5. The topological polar surface area (TPSA) is 33.1 Å². The van der Waals surface area contributed by atoms with Crippen molar-refractivity contribution >= 4 is 29.9 Å². The number of unbranched alkanes of at least 4 members (excludes halogenated alkanes) is 2. The van der Waals surface area contributed by atoms with Gasteiger partial charge in [0.25, 0.3) is 0 Å². The van der Waals surface area contributed by atoms with E-state index in [1.165, 1.54) is 7.11 Å². The van der Waals surface area contributed by atoms with Crippen LogP contribution in [0.15, 0.2) is 0 Å². The van der Waals surface area contributed by atoms with Gasteiger partial charge in [-0.3, -0.25) is 5.41 Å². The third-order valence-electron chi connectivity index (χ3n) is 1.28. The van der Waals surface area contributed by atoms with Gasteiger partial charge in [0.2, 0.25) is 0 Å². The van der Waals surface area contributed by atoms with Crippen molar-refractivity contribution in [1.82, 2.24) is 0 Å². The lowest BCUT2D eigenvalue weighted by Crippen LogP contribution is -1.97. The summed E-state index contributed by atoms with van der Waals surface area (Å²) in [6, 6.07) is 0. The Kier molecular flexibility index (Phi) is 12.5. The normalized spacial score (nSPS) is 8.55. The molecule has 0 bridgehead atoms. The molecule has 0 aromatic carbocycles. The summed E-state index contributed by atoms with van der Waals surface area (Å²) in [5, 5.41) is 7.12. The van der Waals surface area contributed by atoms with Crippen LogP contribution in [0.25, 0.3) is 0 Å². The predicted octanol–water partition coefficient (Wildman–Crippen LogP) is 2.83. The Morgan fingerprint density at radius 1 is 1.36 bits per heavy atom. The average Bonchev–Trinajstić information content (AvgIpc) is 1.98. The van der Waals surface area contributed by atoms with E-state index in [1.54, 1.807) is 0 Å². The van der Waals surface area contributed by atoms with Crippen molar-refractivity contribution in [2.45, 2.75) is 25.7 Å². The van der Waals surface area contributed by atoms with Gasteiger partial charge in [-0.2, -0.15) is 0 Å². The molecule has 0 aromatic heterocycles. The second-order valence-electron chi connectivity index (χ2n) is 2.13. The zero-order valence-electron chi connectivity index (χ0n) is 6.73. The fourth-order valence-corrected chi connectivity index (χ4v) is 0.848. The van der Waals surface area contributed by atoms with Gasteiger partial charge in [-0.15, -0.1) is 24.0 Å². The highest BCUT2D eigenvalue weighted by Crippen LogP contribution is 2.01. The fraction of sp³-hybridized carbons (Fsp3) is 0.857. The first-order valence-electron chi connectivity index (χ1n) is 3.48. The molecule has 0 spiro atoms. The first-order valence-corrected chi connectivity index (χ1v) is 4.02. The molecule has 0 aliphatic carbocycles. The van der Waals surface area contributed by atoms with Crippen LogP contribution >= 0.6 is 24.0 Å². The molecule has 0 atom stereocenters. The van der Waals surface area contributed by atoms with E-state index in [1.807, 2.05) is 0 Å². The summed E-state index contributed by atoms with van der Waals surface area (Å²) in [6.07, 6.45) is 3.89. The highest BCUT2D eigenvalue weighted by molar-refractivity contribution is 6.17. The minimum absolute atomic E-state index is 0. The van der Waals surface area contributed by atoms with Gasteiger partial charge in [0.05, 0.1) is 7.11 Å². The van der Waals surface area contributed by atoms with E-state index in [0.717, 1.165) is 31.6 Å². The lowest BCUT2D eigenvalue weighted by atomic mass is 10.2. The molecule has 0 amide bonds. The van der Waals surface area contributed by atoms with E-state index >= 15 is 0 Å². The van der Waals surface area contributed by atoms with Crippen molar-refractivity contribution in [2.75, 3.05) is 13.0 Å². The van der Waals surface area contributed by atoms with Crippen molar-refractivity contribution in [3.05, 3.63) is 0 Å². The maximum Gasteiger partial charge on any atom is 0.180 e. The molecule has 0 aromatic rings. The van der Waals surface area contributed by atoms with Crippen LogP contribution in [0.3, 0.4) is 0 Å². The van der Waals surface area contributed by atoms with Crippen molar-refractivity contribution in [3.8, 4) is 0 Å². The number of alkyl halides is 1. The highest BCUT2D eigenvalue weighted by atomic mass is 35.5. The lowest BCUT2D eigenvalue weighted by molar-refractivity contribution is 0.383.